The smallest absolute Gasteiger partial charge is 0.159 e. The molecule has 2 heterocycles. The average Bonchev–Trinajstić information content (AvgIpc) is 3.14. The van der Waals surface area contributed by atoms with Crippen LogP contribution in [0.25, 0.3) is 22.2 Å². The first-order valence-corrected chi connectivity index (χ1v) is 8.82. The van der Waals surface area contributed by atoms with Crippen molar-refractivity contribution < 1.29 is 13.9 Å². The highest BCUT2D eigenvalue weighted by Crippen LogP contribution is 2.34. The molecule has 0 saturated carbocycles. The lowest BCUT2D eigenvalue weighted by atomic mass is 9.96. The van der Waals surface area contributed by atoms with E-state index in [2.05, 4.69) is 9.97 Å². The van der Waals surface area contributed by atoms with Gasteiger partial charge in [-0.3, -0.25) is 4.98 Å². The number of pyridine rings is 1. The van der Waals surface area contributed by atoms with Gasteiger partial charge in [-0.1, -0.05) is 24.3 Å². The Morgan fingerprint density at radius 2 is 1.85 bits per heavy atom. The Kier molecular flexibility index (Phi) is 4.01. The van der Waals surface area contributed by atoms with E-state index in [-0.39, 0.29) is 5.56 Å². The van der Waals surface area contributed by atoms with Gasteiger partial charge < -0.3 is 5.11 Å². The van der Waals surface area contributed by atoms with Crippen molar-refractivity contribution in [1.82, 2.24) is 9.97 Å². The Balaban J connectivity index is 1.73. The minimum absolute atomic E-state index is 0.244. The van der Waals surface area contributed by atoms with Gasteiger partial charge in [-0.2, -0.15) is 0 Å². The summed E-state index contributed by atoms with van der Waals surface area (Å²) in [5.74, 6) is -1.95. The van der Waals surface area contributed by atoms with Crippen LogP contribution in [0.15, 0.2) is 60.1 Å². The molecule has 0 aliphatic carbocycles. The lowest BCUT2D eigenvalue weighted by molar-refractivity contribution is 0.101. The summed E-state index contributed by atoms with van der Waals surface area (Å²) in [6.07, 6.45) is 1.73. The molecule has 2 aromatic carbocycles. The van der Waals surface area contributed by atoms with E-state index in [9.17, 15) is 13.9 Å². The summed E-state index contributed by atoms with van der Waals surface area (Å²) in [6, 6.07) is 13.1. The van der Waals surface area contributed by atoms with Crippen LogP contribution in [0, 0.1) is 11.6 Å². The fraction of sp³-hybridized carbons (Fsp3) is 0.100. The van der Waals surface area contributed by atoms with Gasteiger partial charge in [-0.05, 0) is 36.8 Å². The Morgan fingerprint density at radius 1 is 1.04 bits per heavy atom. The van der Waals surface area contributed by atoms with E-state index in [1.54, 1.807) is 6.20 Å². The van der Waals surface area contributed by atoms with Crippen LogP contribution in [0.1, 0.15) is 17.5 Å². The first-order valence-electron chi connectivity index (χ1n) is 7.94. The Bertz CT molecular complexity index is 1110. The van der Waals surface area contributed by atoms with E-state index in [1.165, 1.54) is 24.3 Å². The van der Waals surface area contributed by atoms with Gasteiger partial charge in [0.2, 0.25) is 0 Å². The van der Waals surface area contributed by atoms with Gasteiger partial charge in [0, 0.05) is 22.5 Å². The van der Waals surface area contributed by atoms with Gasteiger partial charge >= 0.3 is 0 Å². The van der Waals surface area contributed by atoms with Crippen molar-refractivity contribution in [3.05, 3.63) is 82.3 Å². The Hall–Kier alpha value is -2.70. The summed E-state index contributed by atoms with van der Waals surface area (Å²) in [5, 5.41) is 14.1. The summed E-state index contributed by atoms with van der Waals surface area (Å²) in [5.41, 5.74) is 1.11. The van der Waals surface area contributed by atoms with Crippen LogP contribution < -0.4 is 0 Å². The molecule has 0 aliphatic heterocycles. The van der Waals surface area contributed by atoms with E-state index in [1.807, 2.05) is 35.7 Å². The van der Waals surface area contributed by atoms with E-state index < -0.39 is 17.2 Å². The van der Waals surface area contributed by atoms with Gasteiger partial charge in [-0.25, -0.2) is 13.8 Å². The summed E-state index contributed by atoms with van der Waals surface area (Å²) >= 11 is 1.26. The number of aliphatic hydroxyl groups is 1. The maximum Gasteiger partial charge on any atom is 0.159 e. The van der Waals surface area contributed by atoms with E-state index in [0.717, 1.165) is 28.6 Å². The summed E-state index contributed by atoms with van der Waals surface area (Å²) in [7, 11) is 0. The number of benzene rings is 2. The van der Waals surface area contributed by atoms with Gasteiger partial charge in [0.25, 0.3) is 0 Å². The highest BCUT2D eigenvalue weighted by molar-refractivity contribution is 7.10. The Morgan fingerprint density at radius 3 is 2.65 bits per heavy atom. The second-order valence-corrected chi connectivity index (χ2v) is 7.01. The molecule has 0 radical (unpaired) electrons. The molecular formula is C20H14F2N2OS. The molecule has 3 nitrogen and oxygen atoms in total. The normalized spacial score (nSPS) is 13.7. The Labute approximate surface area is 152 Å². The topological polar surface area (TPSA) is 46.0 Å². The fourth-order valence-corrected chi connectivity index (χ4v) is 3.67. The summed E-state index contributed by atoms with van der Waals surface area (Å²) < 4.78 is 26.7. The maximum absolute atomic E-state index is 13.5. The second-order valence-electron chi connectivity index (χ2n) is 6.16. The number of nitrogens with zero attached hydrogens (tertiary/aromatic N) is 2. The number of thiazole rings is 1. The minimum Gasteiger partial charge on any atom is -0.378 e. The van der Waals surface area contributed by atoms with Gasteiger partial charge in [0.1, 0.15) is 10.6 Å². The predicted molar refractivity (Wildman–Crippen MR) is 97.9 cm³/mol. The third-order valence-electron chi connectivity index (χ3n) is 4.29. The van der Waals surface area contributed by atoms with Crippen molar-refractivity contribution >= 4 is 22.2 Å². The fourth-order valence-electron chi connectivity index (χ4n) is 2.76. The molecule has 2 aromatic heterocycles. The zero-order valence-corrected chi connectivity index (χ0v) is 14.6. The lowest BCUT2D eigenvalue weighted by Gasteiger charge is -2.21. The predicted octanol–water partition coefficient (Wildman–Crippen LogP) is 4.89. The van der Waals surface area contributed by atoms with E-state index in [4.69, 9.17) is 0 Å². The second kappa shape index (κ2) is 6.23. The molecule has 0 aliphatic rings. The number of hydrogen-bond acceptors (Lipinski definition) is 4. The zero-order chi connectivity index (χ0) is 18.3. The molecule has 1 N–H and O–H groups in total. The molecule has 130 valence electrons. The largest absolute Gasteiger partial charge is 0.378 e. The number of rotatable bonds is 3. The summed E-state index contributed by atoms with van der Waals surface area (Å²) in [4.78, 5) is 8.92. The van der Waals surface area contributed by atoms with Crippen molar-refractivity contribution in [3.63, 3.8) is 0 Å². The quantitative estimate of drug-likeness (QED) is 0.560. The third-order valence-corrected chi connectivity index (χ3v) is 5.34. The molecule has 26 heavy (non-hydrogen) atoms. The molecule has 1 atom stereocenters. The van der Waals surface area contributed by atoms with Crippen LogP contribution in [-0.2, 0) is 5.60 Å². The van der Waals surface area contributed by atoms with Crippen molar-refractivity contribution in [2.75, 3.05) is 0 Å². The van der Waals surface area contributed by atoms with Crippen molar-refractivity contribution in [1.29, 1.82) is 0 Å². The molecule has 1 unspecified atom stereocenters. The molecule has 6 heteroatoms. The molecule has 0 fully saturated rings. The van der Waals surface area contributed by atoms with Crippen LogP contribution >= 0.6 is 11.3 Å². The van der Waals surface area contributed by atoms with E-state index >= 15 is 0 Å². The highest BCUT2D eigenvalue weighted by Gasteiger charge is 2.30. The molecule has 4 aromatic rings. The number of hydrogen-bond donors (Lipinski definition) is 1. The minimum atomic E-state index is -1.53. The highest BCUT2D eigenvalue weighted by atomic mass is 32.1. The lowest BCUT2D eigenvalue weighted by Crippen LogP contribution is -2.23. The van der Waals surface area contributed by atoms with Crippen molar-refractivity contribution in [2.45, 2.75) is 12.5 Å². The number of para-hydroxylation sites is 1. The van der Waals surface area contributed by atoms with Crippen LogP contribution in [0.4, 0.5) is 8.78 Å². The number of aromatic nitrogens is 2. The van der Waals surface area contributed by atoms with Crippen LogP contribution in [0.2, 0.25) is 0 Å². The van der Waals surface area contributed by atoms with Gasteiger partial charge in [0.15, 0.2) is 11.6 Å². The summed E-state index contributed by atoms with van der Waals surface area (Å²) in [6.45, 7) is 1.51. The standard InChI is InChI=1S/C20H14F2N2OS/c1-20(25,14-6-7-15(21)16(22)9-14)19-24-18(11-26-19)13-8-12-4-2-3-5-17(12)23-10-13/h2-11,25H,1H3. The maximum atomic E-state index is 13.5. The third kappa shape index (κ3) is 2.87. The van der Waals surface area contributed by atoms with Crippen LogP contribution in [0.5, 0.6) is 0 Å². The van der Waals surface area contributed by atoms with Crippen molar-refractivity contribution in [2.24, 2.45) is 0 Å². The zero-order valence-electron chi connectivity index (χ0n) is 13.8. The SMILES string of the molecule is CC(O)(c1ccc(F)c(F)c1)c1nc(-c2cnc3ccccc3c2)cs1. The molecule has 0 bridgehead atoms. The first-order chi connectivity index (χ1) is 12.4. The van der Waals surface area contributed by atoms with Crippen LogP contribution in [0.3, 0.4) is 0 Å². The average molecular weight is 368 g/mol. The number of fused-ring (bicyclic) bond motifs is 1. The monoisotopic (exact) mass is 368 g/mol. The first kappa shape index (κ1) is 16.8. The molecule has 4 rings (SSSR count). The van der Waals surface area contributed by atoms with E-state index in [0.29, 0.717) is 10.7 Å². The molecule has 0 amide bonds. The van der Waals surface area contributed by atoms with Gasteiger partial charge in [-0.15, -0.1) is 11.3 Å². The molecular weight excluding hydrogens is 354 g/mol. The molecule has 0 saturated heterocycles. The molecule has 0 spiro atoms. The van der Waals surface area contributed by atoms with Crippen molar-refractivity contribution in [3.8, 4) is 11.3 Å². The number of halogens is 2. The van der Waals surface area contributed by atoms with Gasteiger partial charge in [0.05, 0.1) is 11.2 Å². The van der Waals surface area contributed by atoms with Crippen LogP contribution in [-0.4, -0.2) is 15.1 Å².